The summed E-state index contributed by atoms with van der Waals surface area (Å²) in [6, 6.07) is 0. The first-order valence-corrected chi connectivity index (χ1v) is 11.4. The molecule has 1 unspecified atom stereocenters. The van der Waals surface area contributed by atoms with Crippen molar-refractivity contribution in [2.45, 2.75) is 77.7 Å². The quantitative estimate of drug-likeness (QED) is 0.736. The SMILES string of the molecule is C[C@]12CCC(NO[C@@H]3CCNC3)=CC1CC[C@@H]1[C@@H]2CC[C@]2(C)C(=O)CC[C@@H]12. The lowest BCUT2D eigenvalue weighted by atomic mass is 9.46. The van der Waals surface area contributed by atoms with E-state index in [1.54, 1.807) is 0 Å². The van der Waals surface area contributed by atoms with Crippen LogP contribution in [0.4, 0.5) is 0 Å². The van der Waals surface area contributed by atoms with Gasteiger partial charge in [-0.15, -0.1) is 0 Å². The van der Waals surface area contributed by atoms with E-state index >= 15 is 0 Å². The van der Waals surface area contributed by atoms with Crippen LogP contribution in [-0.2, 0) is 9.63 Å². The molecule has 27 heavy (non-hydrogen) atoms. The molecule has 0 amide bonds. The second-order valence-electron chi connectivity index (χ2n) is 10.5. The monoisotopic (exact) mass is 372 g/mol. The van der Waals surface area contributed by atoms with E-state index in [0.717, 1.165) is 57.0 Å². The van der Waals surface area contributed by atoms with E-state index in [9.17, 15) is 4.79 Å². The molecule has 5 rings (SSSR count). The molecular weight excluding hydrogens is 336 g/mol. The minimum Gasteiger partial charge on any atom is -0.314 e. The number of hydrogen-bond acceptors (Lipinski definition) is 4. The van der Waals surface area contributed by atoms with Crippen molar-refractivity contribution in [1.29, 1.82) is 0 Å². The molecule has 0 aromatic rings. The largest absolute Gasteiger partial charge is 0.314 e. The predicted octanol–water partition coefficient (Wildman–Crippen LogP) is 3.98. The van der Waals surface area contributed by atoms with Gasteiger partial charge in [0.1, 0.15) is 5.78 Å². The number of carbonyl (C=O) groups is 1. The van der Waals surface area contributed by atoms with Crippen LogP contribution in [-0.4, -0.2) is 25.0 Å². The van der Waals surface area contributed by atoms with Crippen molar-refractivity contribution in [3.05, 3.63) is 11.8 Å². The van der Waals surface area contributed by atoms with Crippen molar-refractivity contribution < 1.29 is 9.63 Å². The van der Waals surface area contributed by atoms with Gasteiger partial charge in [-0.25, -0.2) is 0 Å². The highest BCUT2D eigenvalue weighted by atomic mass is 16.7. The average Bonchev–Trinajstić information content (AvgIpc) is 3.28. The number of hydroxylamine groups is 1. The lowest BCUT2D eigenvalue weighted by molar-refractivity contribution is -0.135. The molecule has 0 bridgehead atoms. The maximum Gasteiger partial charge on any atom is 0.139 e. The summed E-state index contributed by atoms with van der Waals surface area (Å²) in [7, 11) is 0. The number of ketones is 1. The van der Waals surface area contributed by atoms with Crippen LogP contribution in [0.2, 0.25) is 0 Å². The lowest BCUT2D eigenvalue weighted by Gasteiger charge is -2.58. The van der Waals surface area contributed by atoms with Crippen molar-refractivity contribution in [2.24, 2.45) is 34.5 Å². The molecule has 150 valence electrons. The van der Waals surface area contributed by atoms with Gasteiger partial charge in [-0.05, 0) is 87.0 Å². The van der Waals surface area contributed by atoms with Crippen molar-refractivity contribution in [2.75, 3.05) is 13.1 Å². The van der Waals surface area contributed by atoms with Gasteiger partial charge in [0.15, 0.2) is 0 Å². The summed E-state index contributed by atoms with van der Waals surface area (Å²) < 4.78 is 0. The molecule has 1 aliphatic heterocycles. The molecule has 0 spiro atoms. The molecule has 0 radical (unpaired) electrons. The van der Waals surface area contributed by atoms with Gasteiger partial charge in [0, 0.05) is 24.1 Å². The fourth-order valence-corrected chi connectivity index (χ4v) is 7.60. The average molecular weight is 373 g/mol. The molecule has 4 heteroatoms. The van der Waals surface area contributed by atoms with Crippen LogP contribution in [0, 0.1) is 34.5 Å². The normalized spacial score (nSPS) is 49.2. The summed E-state index contributed by atoms with van der Waals surface area (Å²) in [5.74, 6) is 3.47. The molecule has 1 heterocycles. The third kappa shape index (κ3) is 2.81. The Labute approximate surface area is 163 Å². The van der Waals surface area contributed by atoms with Crippen molar-refractivity contribution >= 4 is 5.78 Å². The van der Waals surface area contributed by atoms with Crippen LogP contribution in [0.5, 0.6) is 0 Å². The number of allylic oxidation sites excluding steroid dienone is 2. The Balaban J connectivity index is 1.30. The molecule has 2 N–H and O–H groups in total. The fourth-order valence-electron chi connectivity index (χ4n) is 7.60. The summed E-state index contributed by atoms with van der Waals surface area (Å²) in [6.45, 7) is 6.88. The van der Waals surface area contributed by atoms with E-state index in [0.29, 0.717) is 29.1 Å². The highest BCUT2D eigenvalue weighted by Gasteiger charge is 2.59. The number of carbonyl (C=O) groups excluding carboxylic acids is 1. The van der Waals surface area contributed by atoms with Gasteiger partial charge in [-0.1, -0.05) is 19.9 Å². The van der Waals surface area contributed by atoms with Gasteiger partial charge < -0.3 is 5.32 Å². The smallest absolute Gasteiger partial charge is 0.139 e. The minimum atomic E-state index is 0.00471. The summed E-state index contributed by atoms with van der Waals surface area (Å²) in [5, 5.41) is 3.36. The Hall–Kier alpha value is -0.870. The summed E-state index contributed by atoms with van der Waals surface area (Å²) >= 11 is 0. The first kappa shape index (κ1) is 18.2. The van der Waals surface area contributed by atoms with Crippen LogP contribution >= 0.6 is 0 Å². The van der Waals surface area contributed by atoms with Gasteiger partial charge in [0.25, 0.3) is 0 Å². The van der Waals surface area contributed by atoms with Gasteiger partial charge in [-0.2, -0.15) is 0 Å². The summed E-state index contributed by atoms with van der Waals surface area (Å²) in [5.41, 5.74) is 5.03. The Morgan fingerprint density at radius 2 is 1.96 bits per heavy atom. The van der Waals surface area contributed by atoms with E-state index in [2.05, 4.69) is 30.7 Å². The van der Waals surface area contributed by atoms with Crippen molar-refractivity contribution in [3.63, 3.8) is 0 Å². The Bertz CT molecular complexity index is 640. The van der Waals surface area contributed by atoms with Crippen LogP contribution < -0.4 is 10.8 Å². The van der Waals surface area contributed by atoms with E-state index in [4.69, 9.17) is 4.84 Å². The molecule has 5 aliphatic rings. The minimum absolute atomic E-state index is 0.00471. The molecule has 4 fully saturated rings. The highest BCUT2D eigenvalue weighted by molar-refractivity contribution is 5.87. The number of fused-ring (bicyclic) bond motifs is 5. The second-order valence-corrected chi connectivity index (χ2v) is 10.5. The summed E-state index contributed by atoms with van der Waals surface area (Å²) in [6.07, 6.45) is 13.3. The van der Waals surface area contributed by atoms with Crippen LogP contribution in [0.3, 0.4) is 0 Å². The Morgan fingerprint density at radius 1 is 1.07 bits per heavy atom. The third-order valence-corrected chi connectivity index (χ3v) is 9.36. The molecule has 3 saturated carbocycles. The van der Waals surface area contributed by atoms with E-state index in [-0.39, 0.29) is 5.41 Å². The molecule has 1 saturated heterocycles. The Kier molecular flexibility index (Phi) is 4.43. The van der Waals surface area contributed by atoms with Crippen molar-refractivity contribution in [1.82, 2.24) is 10.8 Å². The standard InChI is InChI=1S/C23H36N2O2/c1-22-10-7-16(25-27-17-9-12-24-14-17)13-15(22)3-4-18-19-5-6-21(26)23(19,2)11-8-20(18)22/h13,15,17-20,24-25H,3-12,14H2,1-2H3/t15?,17-,18+,19+,20+,22+,23+/m1/s1. The maximum atomic E-state index is 12.6. The van der Waals surface area contributed by atoms with Gasteiger partial charge in [-0.3, -0.25) is 15.1 Å². The van der Waals surface area contributed by atoms with Crippen molar-refractivity contribution in [3.8, 4) is 0 Å². The second kappa shape index (κ2) is 6.59. The van der Waals surface area contributed by atoms with E-state index in [1.165, 1.54) is 31.4 Å². The predicted molar refractivity (Wildman–Crippen MR) is 106 cm³/mol. The molecule has 4 aliphatic carbocycles. The fraction of sp³-hybridized carbons (Fsp3) is 0.870. The molecule has 7 atom stereocenters. The van der Waals surface area contributed by atoms with E-state index in [1.807, 2.05) is 0 Å². The van der Waals surface area contributed by atoms with Gasteiger partial charge in [0.05, 0.1) is 6.10 Å². The van der Waals surface area contributed by atoms with E-state index < -0.39 is 0 Å². The number of Topliss-reactive ketones (excluding diaryl/α,β-unsaturated/α-hetero) is 1. The third-order valence-electron chi connectivity index (χ3n) is 9.36. The molecule has 0 aromatic carbocycles. The number of nitrogens with one attached hydrogen (secondary N) is 2. The first-order chi connectivity index (χ1) is 13.0. The van der Waals surface area contributed by atoms with Crippen LogP contribution in [0.15, 0.2) is 11.8 Å². The first-order valence-electron chi connectivity index (χ1n) is 11.4. The highest BCUT2D eigenvalue weighted by Crippen LogP contribution is 2.64. The van der Waals surface area contributed by atoms with Crippen LogP contribution in [0.25, 0.3) is 0 Å². The van der Waals surface area contributed by atoms with Crippen LogP contribution in [0.1, 0.15) is 71.6 Å². The maximum absolute atomic E-state index is 12.6. The zero-order chi connectivity index (χ0) is 18.6. The zero-order valence-corrected chi connectivity index (χ0v) is 17.1. The zero-order valence-electron chi connectivity index (χ0n) is 17.1. The Morgan fingerprint density at radius 3 is 2.78 bits per heavy atom. The summed E-state index contributed by atoms with van der Waals surface area (Å²) in [4.78, 5) is 18.5. The lowest BCUT2D eigenvalue weighted by Crippen LogP contribution is -2.52. The van der Waals surface area contributed by atoms with Gasteiger partial charge in [0.2, 0.25) is 0 Å². The molecule has 0 aromatic heterocycles. The number of rotatable bonds is 3. The number of hydrogen-bond donors (Lipinski definition) is 2. The molecule has 4 nitrogen and oxygen atoms in total. The topological polar surface area (TPSA) is 50.4 Å². The molecular formula is C23H36N2O2. The van der Waals surface area contributed by atoms with Gasteiger partial charge >= 0.3 is 0 Å².